The quantitative estimate of drug-likeness (QED) is 0.723. The van der Waals surface area contributed by atoms with Crippen LogP contribution in [0.25, 0.3) is 6.08 Å². The summed E-state index contributed by atoms with van der Waals surface area (Å²) in [4.78, 5) is 24.8. The predicted molar refractivity (Wildman–Crippen MR) is 108 cm³/mol. The van der Waals surface area contributed by atoms with Crippen LogP contribution in [0.15, 0.2) is 54.6 Å². The van der Waals surface area contributed by atoms with Crippen LogP contribution in [0.5, 0.6) is 5.75 Å². The van der Waals surface area contributed by atoms with E-state index in [4.69, 9.17) is 9.47 Å². The summed E-state index contributed by atoms with van der Waals surface area (Å²) in [5, 5.41) is 5.65. The SMILES string of the molecule is COc1cccc(/C=C/C(=O)Nc2ccccc2C(=O)NC[C@@H]2CCCO2)c1. The van der Waals surface area contributed by atoms with Gasteiger partial charge in [0.1, 0.15) is 5.75 Å². The van der Waals surface area contributed by atoms with Crippen molar-refractivity contribution in [2.24, 2.45) is 0 Å². The molecule has 1 atom stereocenters. The summed E-state index contributed by atoms with van der Waals surface area (Å²) in [6.45, 7) is 1.21. The average molecular weight is 380 g/mol. The van der Waals surface area contributed by atoms with Crippen LogP contribution in [-0.2, 0) is 9.53 Å². The summed E-state index contributed by atoms with van der Waals surface area (Å²) in [5.41, 5.74) is 1.73. The molecule has 0 radical (unpaired) electrons. The Hall–Kier alpha value is -3.12. The second-order valence-electron chi connectivity index (χ2n) is 6.49. The van der Waals surface area contributed by atoms with Gasteiger partial charge in [-0.25, -0.2) is 0 Å². The third kappa shape index (κ3) is 5.44. The molecule has 1 fully saturated rings. The first-order valence-corrected chi connectivity index (χ1v) is 9.27. The topological polar surface area (TPSA) is 76.7 Å². The van der Waals surface area contributed by atoms with Crippen LogP contribution >= 0.6 is 0 Å². The summed E-state index contributed by atoms with van der Waals surface area (Å²) < 4.78 is 10.7. The number of carbonyl (C=O) groups excluding carboxylic acids is 2. The van der Waals surface area contributed by atoms with Gasteiger partial charge in [0.25, 0.3) is 5.91 Å². The van der Waals surface area contributed by atoms with Gasteiger partial charge in [-0.1, -0.05) is 24.3 Å². The van der Waals surface area contributed by atoms with Gasteiger partial charge < -0.3 is 20.1 Å². The number of hydrogen-bond donors (Lipinski definition) is 2. The first-order chi connectivity index (χ1) is 13.7. The minimum Gasteiger partial charge on any atom is -0.497 e. The van der Waals surface area contributed by atoms with Gasteiger partial charge >= 0.3 is 0 Å². The van der Waals surface area contributed by atoms with Gasteiger partial charge in [0.15, 0.2) is 0 Å². The minimum atomic E-state index is -0.317. The van der Waals surface area contributed by atoms with Crippen molar-refractivity contribution >= 4 is 23.6 Å². The maximum absolute atomic E-state index is 12.5. The van der Waals surface area contributed by atoms with E-state index in [0.29, 0.717) is 17.8 Å². The predicted octanol–water partition coefficient (Wildman–Crippen LogP) is 3.26. The molecule has 28 heavy (non-hydrogen) atoms. The molecule has 6 nitrogen and oxygen atoms in total. The van der Waals surface area contributed by atoms with Crippen LogP contribution < -0.4 is 15.4 Å². The Balaban J connectivity index is 1.62. The number of benzene rings is 2. The van der Waals surface area contributed by atoms with Crippen LogP contribution in [0.2, 0.25) is 0 Å². The van der Waals surface area contributed by atoms with Gasteiger partial charge in [0.05, 0.1) is 24.5 Å². The van der Waals surface area contributed by atoms with Gasteiger partial charge in [-0.15, -0.1) is 0 Å². The Bertz CT molecular complexity index is 857. The lowest BCUT2D eigenvalue weighted by molar-refractivity contribution is -0.111. The molecule has 146 valence electrons. The molecule has 2 amide bonds. The molecule has 0 aromatic heterocycles. The third-order valence-electron chi connectivity index (χ3n) is 4.46. The highest BCUT2D eigenvalue weighted by Gasteiger charge is 2.18. The van der Waals surface area contributed by atoms with E-state index in [1.807, 2.05) is 24.3 Å². The summed E-state index contributed by atoms with van der Waals surface area (Å²) in [6.07, 6.45) is 5.16. The van der Waals surface area contributed by atoms with Gasteiger partial charge in [-0.2, -0.15) is 0 Å². The maximum atomic E-state index is 12.5. The third-order valence-corrected chi connectivity index (χ3v) is 4.46. The van der Waals surface area contributed by atoms with Crippen molar-refractivity contribution in [3.63, 3.8) is 0 Å². The van der Waals surface area contributed by atoms with Crippen molar-refractivity contribution in [2.75, 3.05) is 25.6 Å². The molecule has 2 N–H and O–H groups in total. The van der Waals surface area contributed by atoms with Crippen LogP contribution in [0.3, 0.4) is 0 Å². The van der Waals surface area contributed by atoms with Crippen molar-refractivity contribution in [3.8, 4) is 5.75 Å². The molecule has 0 bridgehead atoms. The summed E-state index contributed by atoms with van der Waals surface area (Å²) in [5.74, 6) is 0.168. The molecular formula is C22H24N2O4. The second-order valence-corrected chi connectivity index (χ2v) is 6.49. The van der Waals surface area contributed by atoms with Gasteiger partial charge in [-0.3, -0.25) is 9.59 Å². The Morgan fingerprint density at radius 3 is 2.86 bits per heavy atom. The Labute approximate surface area is 164 Å². The fourth-order valence-electron chi connectivity index (χ4n) is 2.99. The Morgan fingerprint density at radius 1 is 1.21 bits per heavy atom. The monoisotopic (exact) mass is 380 g/mol. The summed E-state index contributed by atoms with van der Waals surface area (Å²) >= 11 is 0. The lowest BCUT2D eigenvalue weighted by atomic mass is 10.1. The lowest BCUT2D eigenvalue weighted by Gasteiger charge is -2.13. The van der Waals surface area contributed by atoms with Crippen molar-refractivity contribution in [3.05, 3.63) is 65.7 Å². The molecule has 0 unspecified atom stereocenters. The molecule has 0 aliphatic carbocycles. The minimum absolute atomic E-state index is 0.0662. The van der Waals surface area contributed by atoms with Gasteiger partial charge in [0, 0.05) is 19.2 Å². The van der Waals surface area contributed by atoms with Crippen LogP contribution in [0.4, 0.5) is 5.69 Å². The van der Waals surface area contributed by atoms with E-state index in [-0.39, 0.29) is 17.9 Å². The summed E-state index contributed by atoms with van der Waals surface area (Å²) in [7, 11) is 1.59. The molecule has 0 spiro atoms. The molecule has 1 heterocycles. The van der Waals surface area contributed by atoms with Crippen molar-refractivity contribution < 1.29 is 19.1 Å². The van der Waals surface area contributed by atoms with Crippen molar-refractivity contribution in [2.45, 2.75) is 18.9 Å². The normalized spacial score (nSPS) is 16.1. The summed E-state index contributed by atoms with van der Waals surface area (Å²) in [6, 6.07) is 14.3. The Kier molecular flexibility index (Phi) is 6.81. The van der Waals surface area contributed by atoms with Crippen molar-refractivity contribution in [1.82, 2.24) is 5.32 Å². The largest absolute Gasteiger partial charge is 0.497 e. The standard InChI is InChI=1S/C22H24N2O4/c1-27-17-7-4-6-16(14-17)11-12-21(25)24-20-10-3-2-9-19(20)22(26)23-15-18-8-5-13-28-18/h2-4,6-7,9-12,14,18H,5,8,13,15H2,1H3,(H,23,26)(H,24,25)/b12-11+/t18-/m0/s1. The molecule has 6 heteroatoms. The number of para-hydroxylation sites is 1. The highest BCUT2D eigenvalue weighted by atomic mass is 16.5. The number of ether oxygens (including phenoxy) is 2. The number of methoxy groups -OCH3 is 1. The molecular weight excluding hydrogens is 356 g/mol. The van der Waals surface area contributed by atoms with Crippen molar-refractivity contribution in [1.29, 1.82) is 0 Å². The highest BCUT2D eigenvalue weighted by Crippen LogP contribution is 2.17. The van der Waals surface area contributed by atoms with Crippen LogP contribution in [-0.4, -0.2) is 38.2 Å². The van der Waals surface area contributed by atoms with E-state index >= 15 is 0 Å². The lowest BCUT2D eigenvalue weighted by Crippen LogP contribution is -2.32. The fraction of sp³-hybridized carbons (Fsp3) is 0.273. The van der Waals surface area contributed by atoms with Crippen LogP contribution in [0, 0.1) is 0 Å². The molecule has 1 aliphatic rings. The number of amides is 2. The fourth-order valence-corrected chi connectivity index (χ4v) is 2.99. The van der Waals surface area contributed by atoms with E-state index in [2.05, 4.69) is 10.6 Å². The second kappa shape index (κ2) is 9.71. The number of anilines is 1. The zero-order valence-corrected chi connectivity index (χ0v) is 15.8. The number of nitrogens with one attached hydrogen (secondary N) is 2. The molecule has 1 aliphatic heterocycles. The number of carbonyl (C=O) groups is 2. The van der Waals surface area contributed by atoms with E-state index in [1.54, 1.807) is 37.5 Å². The van der Waals surface area contributed by atoms with E-state index in [9.17, 15) is 9.59 Å². The molecule has 2 aromatic carbocycles. The average Bonchev–Trinajstić information content (AvgIpc) is 3.25. The number of hydrogen-bond acceptors (Lipinski definition) is 4. The zero-order chi connectivity index (χ0) is 19.8. The van der Waals surface area contributed by atoms with Gasteiger partial charge in [-0.05, 0) is 48.7 Å². The molecule has 1 saturated heterocycles. The molecule has 3 rings (SSSR count). The molecule has 2 aromatic rings. The van der Waals surface area contributed by atoms with E-state index in [0.717, 1.165) is 30.8 Å². The van der Waals surface area contributed by atoms with E-state index < -0.39 is 0 Å². The zero-order valence-electron chi connectivity index (χ0n) is 15.8. The molecule has 0 saturated carbocycles. The first-order valence-electron chi connectivity index (χ1n) is 9.27. The van der Waals surface area contributed by atoms with Gasteiger partial charge in [0.2, 0.25) is 5.91 Å². The number of rotatable bonds is 7. The maximum Gasteiger partial charge on any atom is 0.253 e. The van der Waals surface area contributed by atoms with Crippen LogP contribution in [0.1, 0.15) is 28.8 Å². The van der Waals surface area contributed by atoms with E-state index in [1.165, 1.54) is 6.08 Å². The first kappa shape index (κ1) is 19.6. The smallest absolute Gasteiger partial charge is 0.253 e. The highest BCUT2D eigenvalue weighted by molar-refractivity contribution is 6.07. The Morgan fingerprint density at radius 2 is 2.07 bits per heavy atom.